The first kappa shape index (κ1) is 44.9. The molecular weight excluding hydrogens is 636 g/mol. The molecule has 0 aliphatic carbocycles. The average molecular weight is 703 g/mol. The summed E-state index contributed by atoms with van der Waals surface area (Å²) in [5.41, 5.74) is 1.75. The first-order valence-corrected chi connectivity index (χ1v) is 18.9. The largest absolute Gasteiger partial charge is 0.493 e. The Kier molecular flexibility index (Phi) is 25.1. The van der Waals surface area contributed by atoms with Crippen LogP contribution in [0.1, 0.15) is 115 Å². The lowest BCUT2D eigenvalue weighted by Gasteiger charge is -2.24. The molecule has 0 saturated heterocycles. The molecule has 0 heterocycles. The molecular formula is C44H66N2O5. The number of allylic oxidation sites excluding steroid dienone is 12. The van der Waals surface area contributed by atoms with E-state index >= 15 is 0 Å². The highest BCUT2D eigenvalue weighted by molar-refractivity contribution is 5.84. The van der Waals surface area contributed by atoms with E-state index in [1.807, 2.05) is 39.8 Å². The number of carbonyl (C=O) groups is 3. The van der Waals surface area contributed by atoms with Crippen molar-refractivity contribution in [3.63, 3.8) is 0 Å². The van der Waals surface area contributed by atoms with E-state index in [0.717, 1.165) is 61.8 Å². The van der Waals surface area contributed by atoms with Gasteiger partial charge in [0.15, 0.2) is 0 Å². The molecule has 0 aromatic heterocycles. The van der Waals surface area contributed by atoms with Gasteiger partial charge in [0.2, 0.25) is 11.8 Å². The van der Waals surface area contributed by atoms with Crippen LogP contribution in [0.5, 0.6) is 5.75 Å². The van der Waals surface area contributed by atoms with Crippen molar-refractivity contribution in [3.8, 4) is 5.75 Å². The van der Waals surface area contributed by atoms with Gasteiger partial charge in [-0.15, -0.1) is 0 Å². The summed E-state index contributed by atoms with van der Waals surface area (Å²) in [6.07, 6.45) is 35.7. The highest BCUT2D eigenvalue weighted by Crippen LogP contribution is 2.24. The van der Waals surface area contributed by atoms with Crippen LogP contribution in [-0.4, -0.2) is 44.1 Å². The molecule has 2 amide bonds. The van der Waals surface area contributed by atoms with Crippen LogP contribution in [0.3, 0.4) is 0 Å². The van der Waals surface area contributed by atoms with E-state index in [1.54, 1.807) is 0 Å². The zero-order valence-electron chi connectivity index (χ0n) is 32.4. The van der Waals surface area contributed by atoms with E-state index in [2.05, 4.69) is 96.5 Å². The van der Waals surface area contributed by atoms with Crippen molar-refractivity contribution < 1.29 is 23.9 Å². The number of hydrogen-bond acceptors (Lipinski definition) is 5. The smallest absolute Gasteiger partial charge is 0.328 e. The van der Waals surface area contributed by atoms with Gasteiger partial charge in [0, 0.05) is 18.4 Å². The minimum absolute atomic E-state index is 0.00135. The Morgan fingerprint density at radius 2 is 1.35 bits per heavy atom. The van der Waals surface area contributed by atoms with Crippen LogP contribution in [0.25, 0.3) is 0 Å². The maximum atomic E-state index is 12.8. The molecule has 0 fully saturated rings. The number of unbranched alkanes of at least 4 members (excludes halogenated alkanes) is 1. The minimum Gasteiger partial charge on any atom is -0.493 e. The molecule has 0 spiro atoms. The summed E-state index contributed by atoms with van der Waals surface area (Å²) in [6, 6.07) is 5.46. The molecule has 0 aliphatic rings. The first-order chi connectivity index (χ1) is 24.6. The number of benzene rings is 1. The highest BCUT2D eigenvalue weighted by Gasteiger charge is 2.27. The van der Waals surface area contributed by atoms with Crippen molar-refractivity contribution in [2.24, 2.45) is 5.41 Å². The standard InChI is InChI=1S/C44H66N2O5/c1-7-8-9-10-11-12-13-14-15-16-17-18-19-20-21-22-23-24-25-30-41(47)46-39(42(48)50-6)29-26-27-34-45-43(49)44(4,5)33-28-35-51-40-36-37(2)31-32-38(40)3/h8-9,11-12,14-15,17-18,20-21,23-24,31-32,36,39H,7,10,13,16,19,22,25-30,33-35H2,1-6H3,(H,45,49)(H,46,47)/b9-8-,12-11-,15-14-,18-17-,21-20-,24-23-. The number of hydrogen-bond donors (Lipinski definition) is 2. The van der Waals surface area contributed by atoms with E-state index < -0.39 is 17.4 Å². The third kappa shape index (κ3) is 23.1. The van der Waals surface area contributed by atoms with Gasteiger partial charge < -0.3 is 20.1 Å². The lowest BCUT2D eigenvalue weighted by atomic mass is 9.87. The van der Waals surface area contributed by atoms with Crippen LogP contribution >= 0.6 is 0 Å². The van der Waals surface area contributed by atoms with E-state index in [9.17, 15) is 14.4 Å². The lowest BCUT2D eigenvalue weighted by molar-refractivity contribution is -0.145. The molecule has 7 heteroatoms. The van der Waals surface area contributed by atoms with Gasteiger partial charge in [-0.25, -0.2) is 4.79 Å². The number of amides is 2. The molecule has 0 saturated carbocycles. The fraction of sp³-hybridized carbons (Fsp3) is 0.523. The monoisotopic (exact) mass is 702 g/mol. The zero-order valence-corrected chi connectivity index (χ0v) is 32.4. The molecule has 1 rings (SSSR count). The van der Waals surface area contributed by atoms with E-state index in [1.165, 1.54) is 7.11 Å². The van der Waals surface area contributed by atoms with Crippen molar-refractivity contribution in [3.05, 3.63) is 102 Å². The summed E-state index contributed by atoms with van der Waals surface area (Å²) in [5.74, 6) is 0.261. The predicted molar refractivity (Wildman–Crippen MR) is 213 cm³/mol. The highest BCUT2D eigenvalue weighted by atomic mass is 16.5. The number of esters is 1. The zero-order chi connectivity index (χ0) is 37.6. The molecule has 1 aromatic carbocycles. The molecule has 1 atom stereocenters. The van der Waals surface area contributed by atoms with Crippen LogP contribution in [-0.2, 0) is 19.1 Å². The number of aryl methyl sites for hydroxylation is 2. The average Bonchev–Trinajstić information content (AvgIpc) is 3.11. The van der Waals surface area contributed by atoms with Gasteiger partial charge in [0.05, 0.1) is 13.7 Å². The van der Waals surface area contributed by atoms with Gasteiger partial charge in [-0.2, -0.15) is 0 Å². The molecule has 1 unspecified atom stereocenters. The number of rotatable bonds is 27. The Hall–Kier alpha value is -4.13. The van der Waals surface area contributed by atoms with Gasteiger partial charge >= 0.3 is 5.97 Å². The third-order valence-electron chi connectivity index (χ3n) is 8.32. The second kappa shape index (κ2) is 28.6. The van der Waals surface area contributed by atoms with Crippen LogP contribution in [0.2, 0.25) is 0 Å². The quantitative estimate of drug-likeness (QED) is 0.0541. The molecule has 0 radical (unpaired) electrons. The van der Waals surface area contributed by atoms with Crippen molar-refractivity contribution in [1.29, 1.82) is 0 Å². The van der Waals surface area contributed by atoms with Crippen LogP contribution < -0.4 is 15.4 Å². The van der Waals surface area contributed by atoms with E-state index in [-0.39, 0.29) is 11.8 Å². The van der Waals surface area contributed by atoms with Gasteiger partial charge in [0.25, 0.3) is 0 Å². The summed E-state index contributed by atoms with van der Waals surface area (Å²) in [5, 5.41) is 5.85. The van der Waals surface area contributed by atoms with Crippen LogP contribution in [0.4, 0.5) is 0 Å². The fourth-order valence-corrected chi connectivity index (χ4v) is 5.10. The second-order valence-corrected chi connectivity index (χ2v) is 13.5. The number of ether oxygens (including phenoxy) is 2. The Morgan fingerprint density at radius 1 is 0.784 bits per heavy atom. The summed E-state index contributed by atoms with van der Waals surface area (Å²) in [4.78, 5) is 37.6. The maximum Gasteiger partial charge on any atom is 0.328 e. The SMILES string of the molecule is CC/C=C\C/C=C\C/C=C\C/C=C\C/C=C\C/C=C\CCC(=O)NC(CCCCNC(=O)C(C)(C)CCCOc1cc(C)ccc1C)C(=O)OC. The molecule has 0 bridgehead atoms. The second-order valence-electron chi connectivity index (χ2n) is 13.5. The molecule has 7 nitrogen and oxygen atoms in total. The molecule has 2 N–H and O–H groups in total. The van der Waals surface area contributed by atoms with Crippen molar-refractivity contribution >= 4 is 17.8 Å². The molecule has 1 aromatic rings. The Labute approximate surface area is 309 Å². The number of carbonyl (C=O) groups excluding carboxylic acids is 3. The molecule has 282 valence electrons. The normalized spacial score (nSPS) is 13.0. The van der Waals surface area contributed by atoms with Crippen LogP contribution in [0, 0.1) is 19.3 Å². The number of nitrogens with one attached hydrogen (secondary N) is 2. The summed E-state index contributed by atoms with van der Waals surface area (Å²) < 4.78 is 10.9. The van der Waals surface area contributed by atoms with Crippen LogP contribution in [0.15, 0.2) is 91.1 Å². The van der Waals surface area contributed by atoms with Gasteiger partial charge in [0.1, 0.15) is 11.8 Å². The number of methoxy groups -OCH3 is 1. The van der Waals surface area contributed by atoms with Crippen molar-refractivity contribution in [1.82, 2.24) is 10.6 Å². The summed E-state index contributed by atoms with van der Waals surface area (Å²) in [6.45, 7) is 11.2. The molecule has 0 aliphatic heterocycles. The summed E-state index contributed by atoms with van der Waals surface area (Å²) >= 11 is 0. The summed E-state index contributed by atoms with van der Waals surface area (Å²) in [7, 11) is 1.33. The van der Waals surface area contributed by atoms with Gasteiger partial charge in [-0.1, -0.05) is 106 Å². The topological polar surface area (TPSA) is 93.7 Å². The Morgan fingerprint density at radius 3 is 1.92 bits per heavy atom. The van der Waals surface area contributed by atoms with E-state index in [0.29, 0.717) is 51.7 Å². The van der Waals surface area contributed by atoms with E-state index in [4.69, 9.17) is 9.47 Å². The Balaban J connectivity index is 2.22. The predicted octanol–water partition coefficient (Wildman–Crippen LogP) is 9.91. The van der Waals surface area contributed by atoms with Crippen molar-refractivity contribution in [2.75, 3.05) is 20.3 Å². The first-order valence-electron chi connectivity index (χ1n) is 18.9. The lowest BCUT2D eigenvalue weighted by Crippen LogP contribution is -2.41. The Bertz CT molecular complexity index is 1320. The maximum absolute atomic E-state index is 12.8. The molecule has 51 heavy (non-hydrogen) atoms. The van der Waals surface area contributed by atoms with Crippen molar-refractivity contribution in [2.45, 2.75) is 124 Å². The minimum atomic E-state index is -0.697. The van der Waals surface area contributed by atoms with Gasteiger partial charge in [-0.05, 0) is 108 Å². The fourth-order valence-electron chi connectivity index (χ4n) is 5.10. The van der Waals surface area contributed by atoms with Gasteiger partial charge in [-0.3, -0.25) is 9.59 Å². The third-order valence-corrected chi connectivity index (χ3v) is 8.32.